The lowest BCUT2D eigenvalue weighted by atomic mass is 9.97. The number of amides is 2. The third kappa shape index (κ3) is 5.95. The van der Waals surface area contributed by atoms with Crippen LogP contribution in [0.4, 0.5) is 14.9 Å². The lowest BCUT2D eigenvalue weighted by Crippen LogP contribution is -2.55. The number of rotatable bonds is 6. The van der Waals surface area contributed by atoms with Gasteiger partial charge in [0.15, 0.2) is 11.8 Å². The number of likely N-dealkylation sites (tertiary alicyclic amines) is 1. The Morgan fingerprint density at radius 3 is 2.53 bits per heavy atom. The van der Waals surface area contributed by atoms with Gasteiger partial charge in [0.2, 0.25) is 5.91 Å². The number of nitrogens with zero attached hydrogens (tertiary/aromatic N) is 2. The van der Waals surface area contributed by atoms with Crippen LogP contribution in [-0.2, 0) is 25.6 Å². The van der Waals surface area contributed by atoms with E-state index in [0.29, 0.717) is 45.1 Å². The van der Waals surface area contributed by atoms with Crippen molar-refractivity contribution < 1.29 is 28.2 Å². The number of nitrogens with two attached hydrogens (primary N) is 1. The molecule has 3 aliphatic rings. The number of hydrogen-bond acceptors (Lipinski definition) is 7. The first-order valence-electron chi connectivity index (χ1n) is 11.7. The van der Waals surface area contributed by atoms with Crippen LogP contribution in [0.5, 0.6) is 0 Å². The highest BCUT2D eigenvalue weighted by Crippen LogP contribution is 2.30. The zero-order chi connectivity index (χ0) is 24.1. The third-order valence-electron chi connectivity index (χ3n) is 6.55. The summed E-state index contributed by atoms with van der Waals surface area (Å²) in [6.45, 7) is 3.65. The highest BCUT2D eigenvalue weighted by molar-refractivity contribution is 5.90. The number of alkyl carbamates (subject to hydrolysis) is 1. The van der Waals surface area contributed by atoms with Crippen LogP contribution in [0.3, 0.4) is 0 Å². The van der Waals surface area contributed by atoms with Crippen LogP contribution < -0.4 is 16.0 Å². The van der Waals surface area contributed by atoms with Gasteiger partial charge in [-0.05, 0) is 31.7 Å². The molecule has 0 aromatic heterocycles. The quantitative estimate of drug-likeness (QED) is 0.419. The SMILES string of the molecule is N=C(N)NC(=O)OCc1cccc(N2CC(OC3CCN(C(=O)C4CCOCC4)CC3)C2)c1F. The van der Waals surface area contributed by atoms with Gasteiger partial charge in [-0.15, -0.1) is 0 Å². The van der Waals surface area contributed by atoms with E-state index in [4.69, 9.17) is 25.4 Å². The Hall–Kier alpha value is -2.92. The van der Waals surface area contributed by atoms with E-state index in [1.807, 2.05) is 15.1 Å². The monoisotopic (exact) mass is 477 g/mol. The van der Waals surface area contributed by atoms with Crippen molar-refractivity contribution >= 4 is 23.6 Å². The van der Waals surface area contributed by atoms with E-state index >= 15 is 0 Å². The molecule has 1 aromatic carbocycles. The van der Waals surface area contributed by atoms with Crippen LogP contribution in [0.2, 0.25) is 0 Å². The molecule has 4 N–H and O–H groups in total. The third-order valence-corrected chi connectivity index (χ3v) is 6.55. The van der Waals surface area contributed by atoms with E-state index in [1.54, 1.807) is 18.2 Å². The van der Waals surface area contributed by atoms with Gasteiger partial charge in [-0.3, -0.25) is 15.5 Å². The number of ether oxygens (including phenoxy) is 3. The van der Waals surface area contributed by atoms with Gasteiger partial charge in [0.25, 0.3) is 0 Å². The summed E-state index contributed by atoms with van der Waals surface area (Å²) in [5, 5.41) is 8.99. The molecule has 0 spiro atoms. The van der Waals surface area contributed by atoms with Crippen LogP contribution in [0.15, 0.2) is 18.2 Å². The molecule has 4 rings (SSSR count). The standard InChI is InChI=1S/C23H32FN5O5/c24-20-16(14-33-23(31)27-22(25)26)2-1-3-19(20)29-12-18(13-29)34-17-4-8-28(9-5-17)21(30)15-6-10-32-11-7-15/h1-3,15,17-18H,4-14H2,(H4,25,26,27,31). The summed E-state index contributed by atoms with van der Waals surface area (Å²) in [7, 11) is 0. The zero-order valence-electron chi connectivity index (χ0n) is 19.1. The van der Waals surface area contributed by atoms with Crippen molar-refractivity contribution in [1.29, 1.82) is 5.41 Å². The van der Waals surface area contributed by atoms with Gasteiger partial charge in [-0.1, -0.05) is 12.1 Å². The molecular formula is C23H32FN5O5. The largest absolute Gasteiger partial charge is 0.444 e. The Bertz CT molecular complexity index is 896. The topological polar surface area (TPSA) is 130 Å². The molecule has 10 nitrogen and oxygen atoms in total. The molecule has 0 atom stereocenters. The van der Waals surface area contributed by atoms with E-state index in [0.717, 1.165) is 25.7 Å². The molecule has 0 aliphatic carbocycles. The average molecular weight is 478 g/mol. The first-order valence-corrected chi connectivity index (χ1v) is 11.7. The summed E-state index contributed by atoms with van der Waals surface area (Å²) in [6.07, 6.45) is 2.46. The molecular weight excluding hydrogens is 445 g/mol. The minimum Gasteiger partial charge on any atom is -0.444 e. The predicted molar refractivity (Wildman–Crippen MR) is 122 cm³/mol. The Labute approximate surface area is 198 Å². The number of carbonyl (C=O) groups is 2. The van der Waals surface area contributed by atoms with Gasteiger partial charge >= 0.3 is 6.09 Å². The van der Waals surface area contributed by atoms with Crippen LogP contribution in [0.1, 0.15) is 31.2 Å². The molecule has 3 heterocycles. The minimum atomic E-state index is -0.907. The van der Waals surface area contributed by atoms with Crippen LogP contribution in [0, 0.1) is 17.1 Å². The van der Waals surface area contributed by atoms with Crippen molar-refractivity contribution in [3.05, 3.63) is 29.6 Å². The summed E-state index contributed by atoms with van der Waals surface area (Å²) in [6, 6.07) is 4.94. The summed E-state index contributed by atoms with van der Waals surface area (Å²) >= 11 is 0. The van der Waals surface area contributed by atoms with Gasteiger partial charge in [-0.25, -0.2) is 9.18 Å². The predicted octanol–water partition coefficient (Wildman–Crippen LogP) is 1.57. The van der Waals surface area contributed by atoms with Crippen molar-refractivity contribution in [1.82, 2.24) is 10.2 Å². The fraction of sp³-hybridized carbons (Fsp3) is 0.609. The molecule has 34 heavy (non-hydrogen) atoms. The molecule has 3 aliphatic heterocycles. The Morgan fingerprint density at radius 2 is 1.85 bits per heavy atom. The molecule has 186 valence electrons. The minimum absolute atomic E-state index is 0.0170. The van der Waals surface area contributed by atoms with Crippen molar-refractivity contribution in [3.63, 3.8) is 0 Å². The van der Waals surface area contributed by atoms with Crippen molar-refractivity contribution in [3.8, 4) is 0 Å². The fourth-order valence-corrected chi connectivity index (χ4v) is 4.62. The lowest BCUT2D eigenvalue weighted by molar-refractivity contribution is -0.142. The molecule has 2 amide bonds. The summed E-state index contributed by atoms with van der Waals surface area (Å²) in [5.74, 6) is -0.653. The average Bonchev–Trinajstić information content (AvgIpc) is 2.81. The molecule has 1 aromatic rings. The normalized spacial score (nSPS) is 20.0. The molecule has 3 fully saturated rings. The van der Waals surface area contributed by atoms with Gasteiger partial charge in [-0.2, -0.15) is 0 Å². The Balaban J connectivity index is 1.20. The smallest absolute Gasteiger partial charge is 0.414 e. The maximum Gasteiger partial charge on any atom is 0.414 e. The molecule has 0 bridgehead atoms. The van der Waals surface area contributed by atoms with Gasteiger partial charge in [0.1, 0.15) is 6.61 Å². The number of nitrogens with one attached hydrogen (secondary N) is 2. The van der Waals surface area contributed by atoms with E-state index in [2.05, 4.69) is 0 Å². The second-order valence-electron chi connectivity index (χ2n) is 8.94. The highest BCUT2D eigenvalue weighted by atomic mass is 19.1. The van der Waals surface area contributed by atoms with Gasteiger partial charge in [0, 0.05) is 50.9 Å². The highest BCUT2D eigenvalue weighted by Gasteiger charge is 2.34. The fourth-order valence-electron chi connectivity index (χ4n) is 4.62. The summed E-state index contributed by atoms with van der Waals surface area (Å²) < 4.78 is 31.4. The number of halogens is 1. The first kappa shape index (κ1) is 24.2. The Morgan fingerprint density at radius 1 is 1.15 bits per heavy atom. The lowest BCUT2D eigenvalue weighted by Gasteiger charge is -2.44. The zero-order valence-corrected chi connectivity index (χ0v) is 19.1. The van der Waals surface area contributed by atoms with Crippen molar-refractivity contribution in [2.24, 2.45) is 11.7 Å². The van der Waals surface area contributed by atoms with E-state index in [-0.39, 0.29) is 36.2 Å². The number of carbonyl (C=O) groups excluding carboxylic acids is 2. The van der Waals surface area contributed by atoms with E-state index in [9.17, 15) is 14.0 Å². The van der Waals surface area contributed by atoms with Crippen molar-refractivity contribution in [2.45, 2.75) is 44.5 Å². The summed E-state index contributed by atoms with van der Waals surface area (Å²) in [4.78, 5) is 28.0. The van der Waals surface area contributed by atoms with Crippen LogP contribution >= 0.6 is 0 Å². The second kappa shape index (κ2) is 11.0. The number of anilines is 1. The van der Waals surface area contributed by atoms with Crippen LogP contribution in [-0.4, -0.2) is 74.5 Å². The second-order valence-corrected chi connectivity index (χ2v) is 8.94. The van der Waals surface area contributed by atoms with E-state index < -0.39 is 17.9 Å². The molecule has 0 saturated carbocycles. The van der Waals surface area contributed by atoms with Crippen LogP contribution in [0.25, 0.3) is 0 Å². The number of piperidine rings is 1. The molecule has 3 saturated heterocycles. The first-order chi connectivity index (χ1) is 16.4. The number of hydrogen-bond donors (Lipinski definition) is 3. The Kier molecular flexibility index (Phi) is 7.84. The van der Waals surface area contributed by atoms with Gasteiger partial charge in [0.05, 0.1) is 17.9 Å². The molecule has 11 heteroatoms. The number of guanidine groups is 1. The molecule has 0 unspecified atom stereocenters. The van der Waals surface area contributed by atoms with Crippen molar-refractivity contribution in [2.75, 3.05) is 44.3 Å². The maximum absolute atomic E-state index is 14.9. The maximum atomic E-state index is 14.9. The van der Waals surface area contributed by atoms with Gasteiger partial charge < -0.3 is 29.7 Å². The summed E-state index contributed by atoms with van der Waals surface area (Å²) in [5.41, 5.74) is 5.74. The number of benzene rings is 1. The van der Waals surface area contributed by atoms with E-state index in [1.165, 1.54) is 0 Å². The molecule has 0 radical (unpaired) electrons.